The quantitative estimate of drug-likeness (QED) is 0.153. The van der Waals surface area contributed by atoms with Crippen molar-refractivity contribution < 1.29 is 53.6 Å². The number of phenolic OH excluding ortho intramolecular Hbond substituents is 1. The molecule has 14 heteroatoms. The number of primary amides is 1. The highest BCUT2D eigenvalue weighted by Gasteiger charge is 2.69. The Morgan fingerprint density at radius 2 is 1.83 bits per heavy atom. The summed E-state index contributed by atoms with van der Waals surface area (Å²) >= 11 is 0.836. The van der Waals surface area contributed by atoms with E-state index in [-0.39, 0.29) is 23.4 Å². The maximum atomic E-state index is 13.8. The number of ether oxygens (including phenoxy) is 1. The SMILES string of the molecule is CCOC(=O)C(Nc1ccc2c(c1O)C(=O)C1C(=O)[C@]3(O)C(=O)C(C(N)=O)C(=O)C[C@@H]3[C@@H](O)[C@@H]1[C@H]2C)C(=O)SCC. The summed E-state index contributed by atoms with van der Waals surface area (Å²) < 4.78 is 4.96. The van der Waals surface area contributed by atoms with Gasteiger partial charge in [0.1, 0.15) is 5.75 Å². The minimum Gasteiger partial charge on any atom is -0.505 e. The van der Waals surface area contributed by atoms with Crippen molar-refractivity contribution in [2.45, 2.75) is 50.9 Å². The highest BCUT2D eigenvalue weighted by Crippen LogP contribution is 2.54. The predicted molar refractivity (Wildman–Crippen MR) is 142 cm³/mol. The number of fused-ring (bicyclic) bond motifs is 3. The molecule has 0 bridgehead atoms. The summed E-state index contributed by atoms with van der Waals surface area (Å²) in [5.74, 6) is -14.9. The van der Waals surface area contributed by atoms with Crippen molar-refractivity contribution in [1.82, 2.24) is 0 Å². The molecule has 4 rings (SSSR count). The van der Waals surface area contributed by atoms with E-state index in [0.717, 1.165) is 11.8 Å². The molecule has 1 aromatic carbocycles. The fourth-order valence-electron chi connectivity index (χ4n) is 6.29. The Hall–Kier alpha value is -3.62. The van der Waals surface area contributed by atoms with Gasteiger partial charge in [-0.15, -0.1) is 0 Å². The number of thioether (sulfide) groups is 1. The number of hydrogen-bond donors (Lipinski definition) is 5. The zero-order valence-corrected chi connectivity index (χ0v) is 23.2. The number of nitrogens with one attached hydrogen (secondary N) is 1. The van der Waals surface area contributed by atoms with Crippen molar-refractivity contribution in [3.05, 3.63) is 23.3 Å². The van der Waals surface area contributed by atoms with Crippen molar-refractivity contribution in [1.29, 1.82) is 0 Å². The maximum absolute atomic E-state index is 13.8. The minimum absolute atomic E-state index is 0.0222. The molecule has 13 nitrogen and oxygen atoms in total. The average molecular weight is 591 g/mol. The van der Waals surface area contributed by atoms with Crippen LogP contribution in [-0.2, 0) is 33.5 Å². The number of ketones is 4. The van der Waals surface area contributed by atoms with E-state index in [1.807, 2.05) is 0 Å². The Kier molecular flexibility index (Phi) is 8.13. The van der Waals surface area contributed by atoms with Crippen LogP contribution in [-0.4, -0.2) is 85.6 Å². The fraction of sp³-hybridized carbons (Fsp3) is 0.519. The molecule has 0 aliphatic heterocycles. The Morgan fingerprint density at radius 1 is 1.17 bits per heavy atom. The molecule has 2 saturated carbocycles. The van der Waals surface area contributed by atoms with Gasteiger partial charge in [-0.05, 0) is 30.2 Å². The molecule has 0 spiro atoms. The molecule has 1 amide bonds. The first-order valence-electron chi connectivity index (χ1n) is 13.0. The number of aliphatic hydroxyl groups is 2. The normalized spacial score (nSPS) is 31.4. The zero-order valence-electron chi connectivity index (χ0n) is 22.4. The van der Waals surface area contributed by atoms with E-state index in [1.54, 1.807) is 20.8 Å². The fourth-order valence-corrected chi connectivity index (χ4v) is 6.90. The molecule has 3 unspecified atom stereocenters. The summed E-state index contributed by atoms with van der Waals surface area (Å²) in [6.07, 6.45) is -2.37. The number of Topliss-reactive ketones (excluding diaryl/α,β-unsaturated/α-hetero) is 4. The highest BCUT2D eigenvalue weighted by atomic mass is 32.2. The number of nitrogens with two attached hydrogens (primary N) is 1. The Labute approximate surface area is 238 Å². The summed E-state index contributed by atoms with van der Waals surface area (Å²) in [5.41, 5.74) is 1.81. The Balaban J connectivity index is 1.79. The maximum Gasteiger partial charge on any atom is 0.337 e. The molecule has 0 heterocycles. The number of carbonyl (C=O) groups excluding carboxylic acids is 7. The largest absolute Gasteiger partial charge is 0.505 e. The minimum atomic E-state index is -3.04. The number of rotatable bonds is 7. The van der Waals surface area contributed by atoms with Crippen LogP contribution >= 0.6 is 11.8 Å². The first kappa shape index (κ1) is 30.3. The molecule has 8 atom stereocenters. The number of aromatic hydroxyl groups is 1. The smallest absolute Gasteiger partial charge is 0.337 e. The van der Waals surface area contributed by atoms with Crippen LogP contribution in [0.1, 0.15) is 49.0 Å². The van der Waals surface area contributed by atoms with Crippen molar-refractivity contribution in [2.75, 3.05) is 17.7 Å². The van der Waals surface area contributed by atoms with Crippen LogP contribution in [0.5, 0.6) is 5.75 Å². The van der Waals surface area contributed by atoms with Crippen LogP contribution < -0.4 is 11.1 Å². The lowest BCUT2D eigenvalue weighted by Gasteiger charge is -2.52. The lowest BCUT2D eigenvalue weighted by atomic mass is 9.50. The predicted octanol–water partition coefficient (Wildman–Crippen LogP) is -0.518. The zero-order chi connectivity index (χ0) is 30.5. The first-order chi connectivity index (χ1) is 19.2. The lowest BCUT2D eigenvalue weighted by Crippen LogP contribution is -2.72. The van der Waals surface area contributed by atoms with Gasteiger partial charge >= 0.3 is 5.97 Å². The van der Waals surface area contributed by atoms with Gasteiger partial charge in [-0.25, -0.2) is 4.79 Å². The molecule has 220 valence electrons. The summed E-state index contributed by atoms with van der Waals surface area (Å²) in [6, 6.07) is 1.22. The monoisotopic (exact) mass is 590 g/mol. The Morgan fingerprint density at radius 3 is 2.41 bits per heavy atom. The van der Waals surface area contributed by atoms with E-state index < -0.39 is 99.6 Å². The van der Waals surface area contributed by atoms with Gasteiger partial charge in [0.2, 0.25) is 11.0 Å². The summed E-state index contributed by atoms with van der Waals surface area (Å²) in [5, 5.41) is 35.8. The second-order valence-electron chi connectivity index (χ2n) is 10.3. The number of aliphatic hydroxyl groups excluding tert-OH is 1. The first-order valence-corrected chi connectivity index (χ1v) is 14.0. The molecule has 0 aromatic heterocycles. The standard InChI is InChI=1S/C27H30N2O11S/c1-4-40-25(37)18(26(38)41-5-2)29-12-7-6-10-9(3)14-17(21(33)15(10)20(12)32)23(35)27(39)11(19(14)31)8-13(30)16(22(27)34)24(28)36/h6-7,9,11,14,16-19,29,31-32,39H,4-5,8H2,1-3H3,(H2,28,36)/t9-,11+,14+,16?,17?,18?,19+,27+/m0/s1. The third-order valence-corrected chi connectivity index (χ3v) is 9.01. The van der Waals surface area contributed by atoms with Crippen molar-refractivity contribution in [3.8, 4) is 5.75 Å². The molecule has 0 radical (unpaired) electrons. The number of hydrogen-bond acceptors (Lipinski definition) is 13. The molecule has 2 fully saturated rings. The number of phenols is 1. The van der Waals surface area contributed by atoms with E-state index in [2.05, 4.69) is 5.32 Å². The van der Waals surface area contributed by atoms with E-state index in [1.165, 1.54) is 12.1 Å². The molecule has 41 heavy (non-hydrogen) atoms. The summed E-state index contributed by atoms with van der Waals surface area (Å²) in [7, 11) is 0. The average Bonchev–Trinajstić information content (AvgIpc) is 2.90. The van der Waals surface area contributed by atoms with E-state index in [0.29, 0.717) is 5.75 Å². The molecule has 3 aliphatic rings. The van der Waals surface area contributed by atoms with Crippen LogP contribution in [0, 0.1) is 23.7 Å². The van der Waals surface area contributed by atoms with E-state index >= 15 is 0 Å². The van der Waals surface area contributed by atoms with Gasteiger partial charge in [0.15, 0.2) is 40.7 Å². The summed E-state index contributed by atoms with van der Waals surface area (Å²) in [4.78, 5) is 90.1. The van der Waals surface area contributed by atoms with Gasteiger partial charge < -0.3 is 31.1 Å². The van der Waals surface area contributed by atoms with Gasteiger partial charge in [0, 0.05) is 18.3 Å². The van der Waals surface area contributed by atoms with Gasteiger partial charge in [0.05, 0.1) is 29.9 Å². The van der Waals surface area contributed by atoms with Gasteiger partial charge in [-0.1, -0.05) is 31.7 Å². The number of benzene rings is 1. The van der Waals surface area contributed by atoms with Gasteiger partial charge in [-0.2, -0.15) is 0 Å². The summed E-state index contributed by atoms with van der Waals surface area (Å²) in [6.45, 7) is 4.79. The van der Waals surface area contributed by atoms with Crippen LogP contribution in [0.3, 0.4) is 0 Å². The number of esters is 1. The molecular formula is C27H30N2O11S. The molecule has 3 aliphatic carbocycles. The second kappa shape index (κ2) is 11.0. The van der Waals surface area contributed by atoms with Crippen LogP contribution in [0.2, 0.25) is 0 Å². The lowest BCUT2D eigenvalue weighted by molar-refractivity contribution is -0.189. The van der Waals surface area contributed by atoms with E-state index in [4.69, 9.17) is 10.5 Å². The highest BCUT2D eigenvalue weighted by molar-refractivity contribution is 8.13. The van der Waals surface area contributed by atoms with Crippen LogP contribution in [0.25, 0.3) is 0 Å². The number of anilines is 1. The third kappa shape index (κ3) is 4.53. The van der Waals surface area contributed by atoms with E-state index in [9.17, 15) is 48.9 Å². The van der Waals surface area contributed by atoms with Crippen molar-refractivity contribution in [3.63, 3.8) is 0 Å². The van der Waals surface area contributed by atoms with Crippen molar-refractivity contribution in [2.24, 2.45) is 29.4 Å². The number of carbonyl (C=O) groups is 7. The topological polar surface area (TPSA) is 227 Å². The molecule has 1 aromatic rings. The number of amides is 1. The molecular weight excluding hydrogens is 560 g/mol. The Bertz CT molecular complexity index is 1360. The van der Waals surface area contributed by atoms with Crippen LogP contribution in [0.15, 0.2) is 12.1 Å². The third-order valence-electron chi connectivity index (χ3n) is 8.20. The van der Waals surface area contributed by atoms with Gasteiger partial charge in [0.25, 0.3) is 0 Å². The van der Waals surface area contributed by atoms with Crippen molar-refractivity contribution >= 4 is 57.6 Å². The molecule has 0 saturated heterocycles. The molecule has 6 N–H and O–H groups in total. The second-order valence-corrected chi connectivity index (χ2v) is 11.6. The van der Waals surface area contributed by atoms with Crippen LogP contribution in [0.4, 0.5) is 5.69 Å². The van der Waals surface area contributed by atoms with Gasteiger partial charge in [-0.3, -0.25) is 28.8 Å².